The lowest BCUT2D eigenvalue weighted by atomic mass is 10.0. The molecule has 4 nitrogen and oxygen atoms in total. The average molecular weight is 276 g/mol. The second kappa shape index (κ2) is 7.07. The van der Waals surface area contributed by atoms with E-state index >= 15 is 0 Å². The van der Waals surface area contributed by atoms with Crippen LogP contribution in [-0.2, 0) is 0 Å². The molecule has 1 aliphatic rings. The van der Waals surface area contributed by atoms with E-state index in [0.717, 1.165) is 39.1 Å². The second-order valence-electron chi connectivity index (χ2n) is 5.92. The zero-order chi connectivity index (χ0) is 14.5. The first-order chi connectivity index (χ1) is 9.61. The molecule has 0 aliphatic carbocycles. The third-order valence-electron chi connectivity index (χ3n) is 4.21. The van der Waals surface area contributed by atoms with Crippen LogP contribution < -0.4 is 10.6 Å². The molecule has 1 saturated heterocycles. The Morgan fingerprint density at radius 1 is 1.10 bits per heavy atom. The molecule has 0 bridgehead atoms. The lowest BCUT2D eigenvalue weighted by Crippen LogP contribution is -2.46. The number of likely N-dealkylation sites (N-methyl/N-ethyl adjacent to an activating group) is 1. The van der Waals surface area contributed by atoms with Crippen LogP contribution in [0.4, 0.5) is 5.69 Å². The summed E-state index contributed by atoms with van der Waals surface area (Å²) in [6, 6.07) is 9.39. The molecule has 1 atom stereocenters. The molecule has 1 unspecified atom stereocenters. The number of hydrogen-bond acceptors (Lipinski definition) is 4. The van der Waals surface area contributed by atoms with E-state index in [9.17, 15) is 0 Å². The molecule has 2 rings (SSSR count). The molecular weight excluding hydrogens is 248 g/mol. The zero-order valence-corrected chi connectivity index (χ0v) is 13.0. The van der Waals surface area contributed by atoms with Gasteiger partial charge in [0.15, 0.2) is 0 Å². The van der Waals surface area contributed by atoms with Crippen molar-refractivity contribution in [3.8, 4) is 0 Å². The first kappa shape index (κ1) is 15.3. The summed E-state index contributed by atoms with van der Waals surface area (Å²) in [5.74, 6) is 0. The Labute approximate surface area is 123 Å². The second-order valence-corrected chi connectivity index (χ2v) is 5.92. The first-order valence-electron chi connectivity index (χ1n) is 7.51. The van der Waals surface area contributed by atoms with Crippen molar-refractivity contribution in [2.75, 3.05) is 58.8 Å². The van der Waals surface area contributed by atoms with Crippen LogP contribution in [0.15, 0.2) is 24.3 Å². The highest BCUT2D eigenvalue weighted by atomic mass is 15.3. The molecule has 1 heterocycles. The molecular formula is C16H28N4. The molecule has 112 valence electrons. The predicted octanol–water partition coefficient (Wildman–Crippen LogP) is 1.39. The van der Waals surface area contributed by atoms with Crippen LogP contribution in [0.1, 0.15) is 18.0 Å². The standard InChI is InChI=1S/C16H28N4/c1-18(2)15-6-4-14(5-7-15)16(8-9-17)20-12-10-19(3)11-13-20/h4-7,16H,8-13,17H2,1-3H3. The quantitative estimate of drug-likeness (QED) is 0.881. The highest BCUT2D eigenvalue weighted by Crippen LogP contribution is 2.26. The number of nitrogens with zero attached hydrogens (tertiary/aromatic N) is 3. The van der Waals surface area contributed by atoms with Gasteiger partial charge in [0.25, 0.3) is 0 Å². The molecule has 0 spiro atoms. The SMILES string of the molecule is CN1CCN(C(CCN)c2ccc(N(C)C)cc2)CC1. The van der Waals surface area contributed by atoms with Gasteiger partial charge in [-0.05, 0) is 37.7 Å². The Kier molecular flexibility index (Phi) is 5.40. The Hall–Kier alpha value is -1.10. The van der Waals surface area contributed by atoms with Gasteiger partial charge in [0.1, 0.15) is 0 Å². The minimum Gasteiger partial charge on any atom is -0.378 e. The number of piperazine rings is 1. The normalized spacial score (nSPS) is 19.0. The zero-order valence-electron chi connectivity index (χ0n) is 13.0. The van der Waals surface area contributed by atoms with Crippen molar-refractivity contribution in [3.05, 3.63) is 29.8 Å². The van der Waals surface area contributed by atoms with Gasteiger partial charge in [-0.25, -0.2) is 0 Å². The van der Waals surface area contributed by atoms with Gasteiger partial charge in [-0.15, -0.1) is 0 Å². The van der Waals surface area contributed by atoms with Gasteiger partial charge in [0, 0.05) is 52.0 Å². The van der Waals surface area contributed by atoms with Gasteiger partial charge in [-0.2, -0.15) is 0 Å². The van der Waals surface area contributed by atoms with E-state index in [0.29, 0.717) is 6.04 Å². The van der Waals surface area contributed by atoms with Crippen molar-refractivity contribution < 1.29 is 0 Å². The summed E-state index contributed by atoms with van der Waals surface area (Å²) in [5.41, 5.74) is 8.48. The van der Waals surface area contributed by atoms with E-state index in [1.165, 1.54) is 11.3 Å². The molecule has 20 heavy (non-hydrogen) atoms. The third-order valence-corrected chi connectivity index (χ3v) is 4.21. The van der Waals surface area contributed by atoms with Gasteiger partial charge in [0.05, 0.1) is 0 Å². The summed E-state index contributed by atoms with van der Waals surface area (Å²) in [6.45, 7) is 5.31. The van der Waals surface area contributed by atoms with Gasteiger partial charge in [-0.1, -0.05) is 12.1 Å². The average Bonchev–Trinajstić information content (AvgIpc) is 2.46. The van der Waals surface area contributed by atoms with Crippen molar-refractivity contribution in [3.63, 3.8) is 0 Å². The Bertz CT molecular complexity index is 393. The summed E-state index contributed by atoms with van der Waals surface area (Å²) < 4.78 is 0. The topological polar surface area (TPSA) is 35.7 Å². The van der Waals surface area contributed by atoms with Crippen LogP contribution in [-0.4, -0.2) is 63.7 Å². The molecule has 0 aromatic heterocycles. The summed E-state index contributed by atoms with van der Waals surface area (Å²) in [7, 11) is 6.35. The third kappa shape index (κ3) is 3.72. The Balaban J connectivity index is 2.11. The van der Waals surface area contributed by atoms with Crippen LogP contribution in [0.25, 0.3) is 0 Å². The van der Waals surface area contributed by atoms with Crippen LogP contribution in [0.2, 0.25) is 0 Å². The van der Waals surface area contributed by atoms with Crippen molar-refractivity contribution in [2.24, 2.45) is 5.73 Å². The maximum atomic E-state index is 5.83. The molecule has 2 N–H and O–H groups in total. The van der Waals surface area contributed by atoms with Crippen molar-refractivity contribution in [1.82, 2.24) is 9.80 Å². The van der Waals surface area contributed by atoms with Crippen LogP contribution in [0.3, 0.4) is 0 Å². The highest BCUT2D eigenvalue weighted by molar-refractivity contribution is 5.46. The Morgan fingerprint density at radius 3 is 2.20 bits per heavy atom. The van der Waals surface area contributed by atoms with Gasteiger partial charge < -0.3 is 15.5 Å². The monoisotopic (exact) mass is 276 g/mol. The summed E-state index contributed by atoms with van der Waals surface area (Å²) in [4.78, 5) is 7.11. The maximum absolute atomic E-state index is 5.83. The molecule has 0 amide bonds. The number of hydrogen-bond donors (Lipinski definition) is 1. The van der Waals surface area contributed by atoms with E-state index in [2.05, 4.69) is 60.1 Å². The fraction of sp³-hybridized carbons (Fsp3) is 0.625. The van der Waals surface area contributed by atoms with E-state index in [1.54, 1.807) is 0 Å². The number of anilines is 1. The van der Waals surface area contributed by atoms with Crippen LogP contribution in [0.5, 0.6) is 0 Å². The van der Waals surface area contributed by atoms with Crippen molar-refractivity contribution >= 4 is 5.69 Å². The Morgan fingerprint density at radius 2 is 1.70 bits per heavy atom. The van der Waals surface area contributed by atoms with Gasteiger partial charge in [0.2, 0.25) is 0 Å². The maximum Gasteiger partial charge on any atom is 0.0361 e. The first-order valence-corrected chi connectivity index (χ1v) is 7.51. The smallest absolute Gasteiger partial charge is 0.0361 e. The molecule has 4 heteroatoms. The van der Waals surface area contributed by atoms with Crippen LogP contribution in [0, 0.1) is 0 Å². The predicted molar refractivity (Wildman–Crippen MR) is 86.3 cm³/mol. The minimum atomic E-state index is 0.463. The number of nitrogens with two attached hydrogens (primary N) is 1. The van der Waals surface area contributed by atoms with Crippen molar-refractivity contribution in [1.29, 1.82) is 0 Å². The number of rotatable bonds is 5. The fourth-order valence-electron chi connectivity index (χ4n) is 2.85. The van der Waals surface area contributed by atoms with Crippen molar-refractivity contribution in [2.45, 2.75) is 12.5 Å². The summed E-state index contributed by atoms with van der Waals surface area (Å²) in [6.07, 6.45) is 1.03. The molecule has 1 aromatic rings. The van der Waals surface area contributed by atoms with Gasteiger partial charge >= 0.3 is 0 Å². The highest BCUT2D eigenvalue weighted by Gasteiger charge is 2.23. The summed E-state index contributed by atoms with van der Waals surface area (Å²) in [5, 5.41) is 0. The molecule has 0 saturated carbocycles. The minimum absolute atomic E-state index is 0.463. The van der Waals surface area contributed by atoms with E-state index < -0.39 is 0 Å². The van der Waals surface area contributed by atoms with E-state index in [1.807, 2.05) is 0 Å². The van der Waals surface area contributed by atoms with E-state index in [4.69, 9.17) is 5.73 Å². The largest absolute Gasteiger partial charge is 0.378 e. The lowest BCUT2D eigenvalue weighted by Gasteiger charge is -2.38. The summed E-state index contributed by atoms with van der Waals surface area (Å²) >= 11 is 0. The molecule has 1 aliphatic heterocycles. The molecule has 1 aromatic carbocycles. The van der Waals surface area contributed by atoms with E-state index in [-0.39, 0.29) is 0 Å². The lowest BCUT2D eigenvalue weighted by molar-refractivity contribution is 0.108. The molecule has 0 radical (unpaired) electrons. The van der Waals surface area contributed by atoms with Gasteiger partial charge in [-0.3, -0.25) is 4.90 Å². The fourth-order valence-corrected chi connectivity index (χ4v) is 2.85. The molecule has 1 fully saturated rings. The number of benzene rings is 1. The van der Waals surface area contributed by atoms with Crippen LogP contribution >= 0.6 is 0 Å².